The zero-order valence-electron chi connectivity index (χ0n) is 9.86. The summed E-state index contributed by atoms with van der Waals surface area (Å²) in [7, 11) is 0. The summed E-state index contributed by atoms with van der Waals surface area (Å²) in [4.78, 5) is 14.2. The highest BCUT2D eigenvalue weighted by atomic mass is 16.1. The first-order valence-corrected chi connectivity index (χ1v) is 5.52. The van der Waals surface area contributed by atoms with E-state index in [-0.39, 0.29) is 11.3 Å². The van der Waals surface area contributed by atoms with E-state index in [1.165, 1.54) is 0 Å². The minimum Gasteiger partial charge on any atom is -0.368 e. The van der Waals surface area contributed by atoms with E-state index in [2.05, 4.69) is 22.3 Å². The standard InChI is InChI=1S/C10H19N5O/c1-9(4-5-9)10(2,8(11)16)13-6-3-7-14-15-12/h13H,3-7H2,1-2H3,(H2,11,16). The second-order valence-electron chi connectivity index (χ2n) is 4.78. The van der Waals surface area contributed by atoms with Crippen LogP contribution in [0.1, 0.15) is 33.1 Å². The quantitative estimate of drug-likeness (QED) is 0.295. The summed E-state index contributed by atoms with van der Waals surface area (Å²) in [5, 5.41) is 6.64. The molecular weight excluding hydrogens is 206 g/mol. The number of carbonyl (C=O) groups is 1. The Balaban J connectivity index is 2.46. The first kappa shape index (κ1) is 12.8. The molecule has 1 saturated carbocycles. The Morgan fingerprint density at radius 3 is 2.75 bits per heavy atom. The third-order valence-corrected chi connectivity index (χ3v) is 3.68. The molecule has 16 heavy (non-hydrogen) atoms. The molecule has 1 aliphatic carbocycles. The van der Waals surface area contributed by atoms with Crippen LogP contribution in [0, 0.1) is 5.41 Å². The summed E-state index contributed by atoms with van der Waals surface area (Å²) in [5.74, 6) is -0.309. The zero-order valence-corrected chi connectivity index (χ0v) is 9.86. The second kappa shape index (κ2) is 4.72. The monoisotopic (exact) mass is 225 g/mol. The molecule has 1 aliphatic rings. The lowest BCUT2D eigenvalue weighted by Gasteiger charge is -2.34. The predicted molar refractivity (Wildman–Crippen MR) is 61.6 cm³/mol. The highest BCUT2D eigenvalue weighted by Crippen LogP contribution is 2.53. The second-order valence-corrected chi connectivity index (χ2v) is 4.78. The normalized spacial score (nSPS) is 20.6. The maximum absolute atomic E-state index is 11.5. The Morgan fingerprint density at radius 2 is 2.31 bits per heavy atom. The van der Waals surface area contributed by atoms with Gasteiger partial charge in [0.05, 0.1) is 0 Å². The number of hydrogen-bond donors (Lipinski definition) is 2. The number of nitrogens with zero attached hydrogens (tertiary/aromatic N) is 3. The topological polar surface area (TPSA) is 104 Å². The molecule has 90 valence electrons. The Morgan fingerprint density at radius 1 is 1.69 bits per heavy atom. The summed E-state index contributed by atoms with van der Waals surface area (Å²) >= 11 is 0. The number of amides is 1. The summed E-state index contributed by atoms with van der Waals surface area (Å²) in [6, 6.07) is 0. The van der Waals surface area contributed by atoms with Gasteiger partial charge in [-0.1, -0.05) is 12.0 Å². The molecule has 0 aromatic carbocycles. The lowest BCUT2D eigenvalue weighted by molar-refractivity contribution is -0.126. The molecule has 1 atom stereocenters. The van der Waals surface area contributed by atoms with Crippen LogP contribution in [0.2, 0.25) is 0 Å². The molecule has 3 N–H and O–H groups in total. The molecule has 0 aromatic rings. The van der Waals surface area contributed by atoms with Crippen LogP contribution in [-0.4, -0.2) is 24.5 Å². The van der Waals surface area contributed by atoms with Gasteiger partial charge in [-0.05, 0) is 43.7 Å². The number of carbonyl (C=O) groups excluding carboxylic acids is 1. The molecule has 0 bridgehead atoms. The number of nitrogens with two attached hydrogens (primary N) is 1. The van der Waals surface area contributed by atoms with Gasteiger partial charge in [0.25, 0.3) is 0 Å². The molecule has 0 saturated heterocycles. The van der Waals surface area contributed by atoms with Gasteiger partial charge < -0.3 is 11.1 Å². The Bertz CT molecular complexity index is 319. The van der Waals surface area contributed by atoms with E-state index in [1.54, 1.807) is 0 Å². The largest absolute Gasteiger partial charge is 0.368 e. The Kier molecular flexibility index (Phi) is 3.78. The Labute approximate surface area is 95.2 Å². The third-order valence-electron chi connectivity index (χ3n) is 3.68. The van der Waals surface area contributed by atoms with E-state index < -0.39 is 5.54 Å². The number of hydrogen-bond acceptors (Lipinski definition) is 3. The molecule has 0 aromatic heterocycles. The van der Waals surface area contributed by atoms with Gasteiger partial charge in [0.2, 0.25) is 5.91 Å². The fourth-order valence-corrected chi connectivity index (χ4v) is 1.82. The van der Waals surface area contributed by atoms with Crippen LogP contribution < -0.4 is 11.1 Å². The van der Waals surface area contributed by atoms with Gasteiger partial charge in [-0.15, -0.1) is 0 Å². The van der Waals surface area contributed by atoms with Crippen LogP contribution in [0.15, 0.2) is 5.11 Å². The molecule has 6 heteroatoms. The van der Waals surface area contributed by atoms with E-state index >= 15 is 0 Å². The fraction of sp³-hybridized carbons (Fsp3) is 0.900. The SMILES string of the molecule is CC1(C(C)(NCCCN=[N+]=[N-])C(N)=O)CC1. The molecule has 0 heterocycles. The predicted octanol–water partition coefficient (Wildman–Crippen LogP) is 1.32. The van der Waals surface area contributed by atoms with Crippen molar-refractivity contribution in [3.05, 3.63) is 10.4 Å². The zero-order chi connectivity index (χ0) is 12.2. The van der Waals surface area contributed by atoms with Gasteiger partial charge in [-0.2, -0.15) is 0 Å². The van der Waals surface area contributed by atoms with Crippen molar-refractivity contribution in [3.8, 4) is 0 Å². The van der Waals surface area contributed by atoms with Crippen molar-refractivity contribution in [2.75, 3.05) is 13.1 Å². The van der Waals surface area contributed by atoms with Gasteiger partial charge in [-0.25, -0.2) is 0 Å². The smallest absolute Gasteiger partial charge is 0.238 e. The van der Waals surface area contributed by atoms with Crippen molar-refractivity contribution in [1.82, 2.24) is 5.32 Å². The molecular formula is C10H19N5O. The average molecular weight is 225 g/mol. The molecule has 1 amide bonds. The highest BCUT2D eigenvalue weighted by molar-refractivity contribution is 5.85. The number of azide groups is 1. The first-order valence-electron chi connectivity index (χ1n) is 5.52. The van der Waals surface area contributed by atoms with Crippen LogP contribution >= 0.6 is 0 Å². The van der Waals surface area contributed by atoms with Crippen molar-refractivity contribution in [2.45, 2.75) is 38.6 Å². The van der Waals surface area contributed by atoms with Crippen molar-refractivity contribution in [1.29, 1.82) is 0 Å². The van der Waals surface area contributed by atoms with Crippen LogP contribution in [0.3, 0.4) is 0 Å². The van der Waals surface area contributed by atoms with Crippen molar-refractivity contribution in [3.63, 3.8) is 0 Å². The molecule has 0 radical (unpaired) electrons. The van der Waals surface area contributed by atoms with Crippen LogP contribution in [0.4, 0.5) is 0 Å². The number of nitrogens with one attached hydrogen (secondary N) is 1. The summed E-state index contributed by atoms with van der Waals surface area (Å²) in [6.07, 6.45) is 2.76. The lowest BCUT2D eigenvalue weighted by Crippen LogP contribution is -2.58. The summed E-state index contributed by atoms with van der Waals surface area (Å²) in [6.45, 7) is 5.00. The van der Waals surface area contributed by atoms with Crippen LogP contribution in [-0.2, 0) is 4.79 Å². The van der Waals surface area contributed by atoms with E-state index in [9.17, 15) is 4.79 Å². The molecule has 1 unspecified atom stereocenters. The van der Waals surface area contributed by atoms with E-state index in [1.807, 2.05) is 6.92 Å². The molecule has 0 spiro atoms. The van der Waals surface area contributed by atoms with Gasteiger partial charge in [0, 0.05) is 11.5 Å². The summed E-state index contributed by atoms with van der Waals surface area (Å²) < 4.78 is 0. The molecule has 1 rings (SSSR count). The van der Waals surface area contributed by atoms with Crippen LogP contribution in [0.25, 0.3) is 10.4 Å². The number of primary amides is 1. The maximum atomic E-state index is 11.5. The molecule has 0 aliphatic heterocycles. The lowest BCUT2D eigenvalue weighted by atomic mass is 9.83. The van der Waals surface area contributed by atoms with Crippen molar-refractivity contribution >= 4 is 5.91 Å². The minimum atomic E-state index is -0.649. The van der Waals surface area contributed by atoms with Gasteiger partial charge in [-0.3, -0.25) is 4.79 Å². The Hall–Kier alpha value is -1.26. The highest BCUT2D eigenvalue weighted by Gasteiger charge is 2.56. The fourth-order valence-electron chi connectivity index (χ4n) is 1.82. The molecule has 1 fully saturated rings. The van der Waals surface area contributed by atoms with Crippen molar-refractivity contribution < 1.29 is 4.79 Å². The number of rotatable bonds is 7. The van der Waals surface area contributed by atoms with E-state index in [4.69, 9.17) is 11.3 Å². The first-order chi connectivity index (χ1) is 7.46. The third kappa shape index (κ3) is 2.46. The van der Waals surface area contributed by atoms with E-state index in [0.29, 0.717) is 19.5 Å². The minimum absolute atomic E-state index is 0.0165. The molecule has 6 nitrogen and oxygen atoms in total. The van der Waals surface area contributed by atoms with Crippen molar-refractivity contribution in [2.24, 2.45) is 16.3 Å². The maximum Gasteiger partial charge on any atom is 0.238 e. The summed E-state index contributed by atoms with van der Waals surface area (Å²) in [5.41, 5.74) is 12.9. The average Bonchev–Trinajstić information content (AvgIpc) is 2.97. The van der Waals surface area contributed by atoms with Gasteiger partial charge in [0.1, 0.15) is 5.54 Å². The van der Waals surface area contributed by atoms with Gasteiger partial charge >= 0.3 is 0 Å². The van der Waals surface area contributed by atoms with E-state index in [0.717, 1.165) is 12.8 Å². The van der Waals surface area contributed by atoms with Gasteiger partial charge in [0.15, 0.2) is 0 Å². The van der Waals surface area contributed by atoms with Crippen LogP contribution in [0.5, 0.6) is 0 Å².